The van der Waals surface area contributed by atoms with Crippen LogP contribution in [0.25, 0.3) is 0 Å². The largest absolute Gasteiger partial charge is 0.356 e. The summed E-state index contributed by atoms with van der Waals surface area (Å²) in [5.41, 5.74) is 0.195. The Kier molecular flexibility index (Phi) is 4.06. The maximum atomic E-state index is 11.5. The van der Waals surface area contributed by atoms with E-state index in [1.807, 2.05) is 0 Å². The summed E-state index contributed by atoms with van der Waals surface area (Å²) in [6.45, 7) is 1.16. The zero-order valence-corrected chi connectivity index (χ0v) is 11.9. The van der Waals surface area contributed by atoms with Gasteiger partial charge in [0.15, 0.2) is 5.90 Å². The van der Waals surface area contributed by atoms with Crippen molar-refractivity contribution >= 4 is 15.2 Å². The lowest BCUT2D eigenvalue weighted by Crippen LogP contribution is -2.56. The second-order valence-electron chi connectivity index (χ2n) is 5.38. The molecule has 1 heterocycles. The van der Waals surface area contributed by atoms with Crippen LogP contribution in [0.15, 0.2) is 0 Å². The van der Waals surface area contributed by atoms with E-state index in [-0.39, 0.29) is 5.41 Å². The van der Waals surface area contributed by atoms with Gasteiger partial charge in [-0.1, -0.05) is 19.3 Å². The van der Waals surface area contributed by atoms with Gasteiger partial charge < -0.3 is 14.7 Å². The highest BCUT2D eigenvalue weighted by Gasteiger charge is 2.47. The van der Waals surface area contributed by atoms with Crippen LogP contribution in [-0.2, 0) is 13.8 Å². The van der Waals surface area contributed by atoms with E-state index in [1.165, 1.54) is 24.3 Å². The normalized spacial score (nSPS) is 27.7. The molecule has 0 aromatic carbocycles. The minimum Gasteiger partial charge on any atom is -0.324 e. The van der Waals surface area contributed by atoms with Crippen molar-refractivity contribution in [1.29, 1.82) is 0 Å². The van der Waals surface area contributed by atoms with Crippen LogP contribution in [0, 0.1) is 5.41 Å². The molecule has 2 aliphatic rings. The Bertz CT molecular complexity index is 394. The number of hydroxylamine groups is 2. The average molecular weight is 299 g/mol. The minimum atomic E-state index is -4.54. The highest BCUT2D eigenvalue weighted by Crippen LogP contribution is 2.57. The predicted octanol–water partition coefficient (Wildman–Crippen LogP) is 1.50. The van der Waals surface area contributed by atoms with E-state index < -0.39 is 21.1 Å². The van der Waals surface area contributed by atoms with Gasteiger partial charge in [-0.05, 0) is 12.8 Å². The van der Waals surface area contributed by atoms with Crippen LogP contribution in [0.3, 0.4) is 0 Å². The highest BCUT2D eigenvalue weighted by molar-refractivity contribution is 7.69. The summed E-state index contributed by atoms with van der Waals surface area (Å²) in [7, 11) is -8.78. The van der Waals surface area contributed by atoms with E-state index >= 15 is 0 Å². The number of rotatable bonds is 4. The molecule has 1 aliphatic heterocycles. The third-order valence-electron chi connectivity index (χ3n) is 3.54. The molecule has 1 aliphatic carbocycles. The van der Waals surface area contributed by atoms with Gasteiger partial charge in [-0.2, -0.15) is 5.06 Å². The van der Waals surface area contributed by atoms with Crippen LogP contribution >= 0.6 is 15.2 Å². The second-order valence-corrected chi connectivity index (χ2v) is 9.28. The molecule has 106 valence electrons. The van der Waals surface area contributed by atoms with E-state index in [0.29, 0.717) is 13.1 Å². The molecule has 3 N–H and O–H groups in total. The molecule has 18 heavy (non-hydrogen) atoms. The van der Waals surface area contributed by atoms with Crippen molar-refractivity contribution < 1.29 is 28.4 Å². The summed E-state index contributed by atoms with van der Waals surface area (Å²) >= 11 is 0. The third kappa shape index (κ3) is 3.87. The molecule has 0 radical (unpaired) electrons. The topological polar surface area (TPSA) is 107 Å². The van der Waals surface area contributed by atoms with E-state index in [0.717, 1.165) is 12.8 Å². The van der Waals surface area contributed by atoms with Crippen molar-refractivity contribution in [2.45, 2.75) is 32.1 Å². The Labute approximate surface area is 106 Å². The lowest BCUT2D eigenvalue weighted by atomic mass is 9.70. The van der Waals surface area contributed by atoms with E-state index in [9.17, 15) is 14.0 Å². The van der Waals surface area contributed by atoms with Gasteiger partial charge in [0.05, 0.1) is 0 Å². The Morgan fingerprint density at radius 2 is 1.61 bits per heavy atom. The Morgan fingerprint density at radius 1 is 1.06 bits per heavy atom. The molecular weight excluding hydrogens is 280 g/mol. The molecule has 1 spiro atoms. The molecule has 9 heteroatoms. The lowest BCUT2D eigenvalue weighted by Gasteiger charge is -2.51. The fourth-order valence-electron chi connectivity index (χ4n) is 2.82. The number of hydrogen-bond acceptors (Lipinski definition) is 4. The van der Waals surface area contributed by atoms with Crippen molar-refractivity contribution in [2.24, 2.45) is 5.41 Å². The first-order chi connectivity index (χ1) is 8.20. The Morgan fingerprint density at radius 3 is 2.11 bits per heavy atom. The van der Waals surface area contributed by atoms with Crippen molar-refractivity contribution in [3.05, 3.63) is 0 Å². The molecule has 2 rings (SSSR count). The van der Waals surface area contributed by atoms with Gasteiger partial charge in [-0.3, -0.25) is 9.13 Å². The van der Waals surface area contributed by atoms with Crippen LogP contribution in [0.1, 0.15) is 32.1 Å². The third-order valence-corrected chi connectivity index (χ3v) is 6.93. The van der Waals surface area contributed by atoms with Crippen molar-refractivity contribution in [3.63, 3.8) is 0 Å². The summed E-state index contributed by atoms with van der Waals surface area (Å²) in [6.07, 6.45) is 5.78. The van der Waals surface area contributed by atoms with Gasteiger partial charge >= 0.3 is 15.2 Å². The first-order valence-corrected chi connectivity index (χ1v) is 9.57. The Hall–Kier alpha value is 0.260. The molecule has 0 bridgehead atoms. The van der Waals surface area contributed by atoms with Crippen molar-refractivity contribution in [2.75, 3.05) is 19.0 Å². The summed E-state index contributed by atoms with van der Waals surface area (Å²) in [5.74, 6) is -1.12. The van der Waals surface area contributed by atoms with E-state index in [4.69, 9.17) is 14.4 Å². The van der Waals surface area contributed by atoms with Gasteiger partial charge in [-0.15, -0.1) is 0 Å². The van der Waals surface area contributed by atoms with Gasteiger partial charge in [0.1, 0.15) is 0 Å². The Balaban J connectivity index is 1.82. The molecule has 0 amide bonds. The molecular formula is C9H19NO6P2. The highest BCUT2D eigenvalue weighted by atomic mass is 31.2. The average Bonchev–Trinajstić information content (AvgIpc) is 2.12. The van der Waals surface area contributed by atoms with Crippen molar-refractivity contribution in [1.82, 2.24) is 5.06 Å². The van der Waals surface area contributed by atoms with Crippen LogP contribution in [0.4, 0.5) is 0 Å². The molecule has 0 aromatic rings. The zero-order chi connectivity index (χ0) is 13.4. The molecule has 1 saturated heterocycles. The fraction of sp³-hybridized carbons (Fsp3) is 1.00. The summed E-state index contributed by atoms with van der Waals surface area (Å²) in [6, 6.07) is 0. The maximum absolute atomic E-state index is 11.5. The van der Waals surface area contributed by atoms with Crippen molar-refractivity contribution in [3.8, 4) is 0 Å². The predicted molar refractivity (Wildman–Crippen MR) is 64.9 cm³/mol. The van der Waals surface area contributed by atoms with Gasteiger partial charge in [-0.25, -0.2) is 4.62 Å². The molecule has 0 aromatic heterocycles. The fourth-order valence-corrected chi connectivity index (χ4v) is 5.36. The van der Waals surface area contributed by atoms with E-state index in [1.54, 1.807) is 0 Å². The zero-order valence-electron chi connectivity index (χ0n) is 10.1. The van der Waals surface area contributed by atoms with Gasteiger partial charge in [0.2, 0.25) is 0 Å². The maximum Gasteiger partial charge on any atom is 0.356 e. The van der Waals surface area contributed by atoms with E-state index in [2.05, 4.69) is 0 Å². The quantitative estimate of drug-likeness (QED) is 0.675. The molecule has 1 atom stereocenters. The summed E-state index contributed by atoms with van der Waals surface area (Å²) in [4.78, 5) is 26.7. The smallest absolute Gasteiger partial charge is 0.324 e. The minimum absolute atomic E-state index is 0.195. The van der Waals surface area contributed by atoms with Crippen LogP contribution in [0.2, 0.25) is 0 Å². The first-order valence-electron chi connectivity index (χ1n) is 6.01. The second kappa shape index (κ2) is 4.98. The number of hydrogen-bond donors (Lipinski definition) is 3. The van der Waals surface area contributed by atoms with Gasteiger partial charge in [0, 0.05) is 18.5 Å². The van der Waals surface area contributed by atoms with Crippen LogP contribution in [0.5, 0.6) is 0 Å². The van der Waals surface area contributed by atoms with Crippen LogP contribution < -0.4 is 0 Å². The first kappa shape index (κ1) is 14.7. The molecule has 7 nitrogen and oxygen atoms in total. The van der Waals surface area contributed by atoms with Gasteiger partial charge in [0.25, 0.3) is 0 Å². The lowest BCUT2D eigenvalue weighted by molar-refractivity contribution is -0.196. The monoisotopic (exact) mass is 299 g/mol. The molecule has 2 fully saturated rings. The molecule has 1 saturated carbocycles. The molecule has 1 unspecified atom stereocenters. The number of nitrogens with zero attached hydrogens (tertiary/aromatic N) is 1. The van der Waals surface area contributed by atoms with Crippen LogP contribution in [-0.4, -0.2) is 38.7 Å². The SMILES string of the molecule is O=P(O)(O)CP(=O)(O)ON1CC2(CCCCC2)C1. The standard InChI is InChI=1S/C9H19NO6P2/c11-17(12,13)8-18(14,15)16-10-6-9(7-10)4-2-1-3-5-9/h1-8H2,(H,14,15)(H2,11,12,13). The summed E-state index contributed by atoms with van der Waals surface area (Å²) in [5, 5.41) is 1.36. The summed E-state index contributed by atoms with van der Waals surface area (Å²) < 4.78 is 27.0.